The number of carboxylic acids is 1. The van der Waals surface area contributed by atoms with Crippen molar-refractivity contribution in [2.75, 3.05) is 19.0 Å². The minimum absolute atomic E-state index is 0.154. The van der Waals surface area contributed by atoms with E-state index < -0.39 is 12.1 Å². The van der Waals surface area contributed by atoms with Crippen LogP contribution >= 0.6 is 11.6 Å². The molecule has 1 unspecified atom stereocenters. The van der Waals surface area contributed by atoms with Crippen molar-refractivity contribution in [1.29, 1.82) is 0 Å². The molecule has 4 nitrogen and oxygen atoms in total. The molecule has 2 aromatic carbocycles. The molecule has 2 N–H and O–H groups in total. The summed E-state index contributed by atoms with van der Waals surface area (Å²) >= 11 is 6.49. The van der Waals surface area contributed by atoms with Gasteiger partial charge in [0, 0.05) is 19.7 Å². The van der Waals surface area contributed by atoms with Gasteiger partial charge >= 0.3 is 5.97 Å². The van der Waals surface area contributed by atoms with Crippen LogP contribution in [0.25, 0.3) is 0 Å². The zero-order valence-corrected chi connectivity index (χ0v) is 16.9. The lowest BCUT2D eigenvalue weighted by molar-refractivity contribution is 0.0697. The molecular weight excluding hydrogens is 362 g/mol. The number of halogens is 1. The third-order valence-corrected chi connectivity index (χ3v) is 4.43. The highest BCUT2D eigenvalue weighted by Crippen LogP contribution is 2.38. The van der Waals surface area contributed by atoms with Crippen molar-refractivity contribution >= 4 is 23.3 Å². The predicted molar refractivity (Wildman–Crippen MR) is 110 cm³/mol. The van der Waals surface area contributed by atoms with E-state index in [1.54, 1.807) is 18.2 Å². The Morgan fingerprint density at radius 2 is 1.74 bits per heavy atom. The van der Waals surface area contributed by atoms with Crippen LogP contribution in [0.1, 0.15) is 53.9 Å². The Bertz CT molecular complexity index is 900. The molecule has 0 saturated heterocycles. The molecule has 0 radical (unpaired) electrons. The van der Waals surface area contributed by atoms with Gasteiger partial charge in [-0.3, -0.25) is 0 Å². The number of carboxylic acid groups (broad SMARTS) is 1. The van der Waals surface area contributed by atoms with Gasteiger partial charge in [-0.2, -0.15) is 0 Å². The highest BCUT2D eigenvalue weighted by atomic mass is 35.5. The number of aliphatic hydroxyl groups is 1. The van der Waals surface area contributed by atoms with Crippen molar-refractivity contribution in [3.8, 4) is 11.8 Å². The third-order valence-electron chi connectivity index (χ3n) is 4.14. The van der Waals surface area contributed by atoms with E-state index in [1.165, 1.54) is 12.1 Å². The predicted octanol–water partition coefficient (Wildman–Crippen LogP) is 4.49. The summed E-state index contributed by atoms with van der Waals surface area (Å²) in [5.74, 6) is 4.70. The molecule has 0 aliphatic rings. The summed E-state index contributed by atoms with van der Waals surface area (Å²) in [6.07, 6.45) is -1.00. The molecule has 142 valence electrons. The van der Waals surface area contributed by atoms with Crippen molar-refractivity contribution in [2.24, 2.45) is 0 Å². The first-order chi connectivity index (χ1) is 12.5. The number of anilines is 1. The molecule has 0 aromatic heterocycles. The van der Waals surface area contributed by atoms with Crippen LogP contribution in [0.15, 0.2) is 36.4 Å². The maximum Gasteiger partial charge on any atom is 0.335 e. The van der Waals surface area contributed by atoms with E-state index in [0.29, 0.717) is 16.1 Å². The summed E-state index contributed by atoms with van der Waals surface area (Å²) in [5.41, 5.74) is 3.26. The van der Waals surface area contributed by atoms with Crippen LogP contribution in [0.2, 0.25) is 5.02 Å². The largest absolute Gasteiger partial charge is 0.478 e. The fraction of sp³-hybridized carbons (Fsp3) is 0.318. The van der Waals surface area contributed by atoms with Crippen LogP contribution in [0.5, 0.6) is 0 Å². The topological polar surface area (TPSA) is 60.8 Å². The molecule has 2 aromatic rings. The van der Waals surface area contributed by atoms with Gasteiger partial charge in [-0.1, -0.05) is 44.2 Å². The summed E-state index contributed by atoms with van der Waals surface area (Å²) in [6.45, 7) is 6.28. The Morgan fingerprint density at radius 1 is 1.15 bits per heavy atom. The van der Waals surface area contributed by atoms with E-state index in [9.17, 15) is 9.90 Å². The molecule has 0 aliphatic carbocycles. The van der Waals surface area contributed by atoms with Gasteiger partial charge in [-0.15, -0.1) is 0 Å². The molecule has 27 heavy (non-hydrogen) atoms. The Balaban J connectivity index is 2.38. The molecule has 5 heteroatoms. The molecule has 0 bridgehead atoms. The van der Waals surface area contributed by atoms with Crippen LogP contribution in [0, 0.1) is 11.8 Å². The SMILES string of the molecule is CN(C)c1c(Cl)cc(C(O)C#Cc2ccc(C(=O)O)cc2)cc1C(C)(C)C. The van der Waals surface area contributed by atoms with Gasteiger partial charge in [0.25, 0.3) is 0 Å². The van der Waals surface area contributed by atoms with E-state index in [2.05, 4.69) is 32.6 Å². The quantitative estimate of drug-likeness (QED) is 0.764. The first-order valence-electron chi connectivity index (χ1n) is 8.55. The zero-order valence-electron chi connectivity index (χ0n) is 16.2. The van der Waals surface area contributed by atoms with Gasteiger partial charge in [0.15, 0.2) is 0 Å². The van der Waals surface area contributed by atoms with Gasteiger partial charge in [0.2, 0.25) is 0 Å². The second-order valence-corrected chi connectivity index (χ2v) is 8.00. The number of carbonyl (C=O) groups is 1. The van der Waals surface area contributed by atoms with Crippen LogP contribution in [-0.2, 0) is 5.41 Å². The van der Waals surface area contributed by atoms with Crippen molar-refractivity contribution in [1.82, 2.24) is 0 Å². The van der Waals surface area contributed by atoms with Crippen molar-refractivity contribution in [2.45, 2.75) is 32.3 Å². The van der Waals surface area contributed by atoms with Crippen LogP contribution in [0.3, 0.4) is 0 Å². The van der Waals surface area contributed by atoms with Gasteiger partial charge in [-0.25, -0.2) is 4.79 Å². The van der Waals surface area contributed by atoms with Gasteiger partial charge in [-0.05, 0) is 52.9 Å². The minimum Gasteiger partial charge on any atom is -0.478 e. The highest BCUT2D eigenvalue weighted by molar-refractivity contribution is 6.33. The van der Waals surface area contributed by atoms with Gasteiger partial charge < -0.3 is 15.1 Å². The molecule has 0 spiro atoms. The van der Waals surface area contributed by atoms with Crippen LogP contribution in [-0.4, -0.2) is 30.3 Å². The maximum absolute atomic E-state index is 10.9. The Kier molecular flexibility index (Phi) is 6.20. The molecule has 0 heterocycles. The average molecular weight is 386 g/mol. The zero-order chi connectivity index (χ0) is 20.4. The van der Waals surface area contributed by atoms with E-state index in [4.69, 9.17) is 16.7 Å². The number of hydrogen-bond donors (Lipinski definition) is 2. The molecular formula is C22H24ClNO3. The first kappa shape index (κ1) is 20.8. The standard InChI is InChI=1S/C22H24ClNO3/c1-22(2,3)17-12-16(13-18(23)20(17)24(4)5)19(25)11-8-14-6-9-15(10-7-14)21(26)27/h6-7,9-10,12-13,19,25H,1-5H3,(H,26,27). The number of aromatic carboxylic acids is 1. The summed E-state index contributed by atoms with van der Waals surface area (Å²) in [7, 11) is 3.88. The van der Waals surface area contributed by atoms with Crippen LogP contribution in [0.4, 0.5) is 5.69 Å². The molecule has 2 rings (SSSR count). The lowest BCUT2D eigenvalue weighted by Crippen LogP contribution is -2.20. The number of hydrogen-bond acceptors (Lipinski definition) is 3. The maximum atomic E-state index is 10.9. The number of nitrogens with zero attached hydrogens (tertiary/aromatic N) is 1. The van der Waals surface area contributed by atoms with Gasteiger partial charge in [0.05, 0.1) is 16.3 Å². The van der Waals surface area contributed by atoms with Gasteiger partial charge in [0.1, 0.15) is 6.10 Å². The Labute approximate surface area is 165 Å². The van der Waals surface area contributed by atoms with E-state index >= 15 is 0 Å². The lowest BCUT2D eigenvalue weighted by atomic mass is 9.84. The average Bonchev–Trinajstić information content (AvgIpc) is 2.58. The summed E-state index contributed by atoms with van der Waals surface area (Å²) < 4.78 is 0. The molecule has 0 saturated carbocycles. The third kappa shape index (κ3) is 5.03. The van der Waals surface area contributed by atoms with Crippen molar-refractivity contribution < 1.29 is 15.0 Å². The minimum atomic E-state index is -1.00. The smallest absolute Gasteiger partial charge is 0.335 e. The molecule has 0 fully saturated rings. The van der Waals surface area contributed by atoms with Crippen molar-refractivity contribution in [3.05, 3.63) is 63.7 Å². The fourth-order valence-corrected chi connectivity index (χ4v) is 3.13. The van der Waals surface area contributed by atoms with E-state index in [0.717, 1.165) is 11.3 Å². The number of aliphatic hydroxyl groups excluding tert-OH is 1. The molecule has 1 atom stereocenters. The normalized spacial score (nSPS) is 12.1. The highest BCUT2D eigenvalue weighted by Gasteiger charge is 2.23. The monoisotopic (exact) mass is 385 g/mol. The van der Waals surface area contributed by atoms with Crippen LogP contribution < -0.4 is 4.90 Å². The molecule has 0 amide bonds. The Morgan fingerprint density at radius 3 is 2.22 bits per heavy atom. The fourth-order valence-electron chi connectivity index (χ4n) is 2.74. The second kappa shape index (κ2) is 8.04. The summed E-state index contributed by atoms with van der Waals surface area (Å²) in [5, 5.41) is 20.0. The number of rotatable bonds is 3. The summed E-state index contributed by atoms with van der Waals surface area (Å²) in [4.78, 5) is 12.9. The van der Waals surface area contributed by atoms with E-state index in [1.807, 2.05) is 25.1 Å². The Hall–Kier alpha value is -2.48. The lowest BCUT2D eigenvalue weighted by Gasteiger charge is -2.28. The summed E-state index contributed by atoms with van der Waals surface area (Å²) in [6, 6.07) is 9.88. The first-order valence-corrected chi connectivity index (χ1v) is 8.92. The van der Waals surface area contributed by atoms with Crippen molar-refractivity contribution in [3.63, 3.8) is 0 Å². The molecule has 0 aliphatic heterocycles. The number of benzene rings is 2. The van der Waals surface area contributed by atoms with E-state index in [-0.39, 0.29) is 11.0 Å². The second-order valence-electron chi connectivity index (χ2n) is 7.60.